The van der Waals surface area contributed by atoms with E-state index in [1.54, 1.807) is 0 Å². The third kappa shape index (κ3) is 2.87. The van der Waals surface area contributed by atoms with Crippen molar-refractivity contribution in [3.8, 4) is 0 Å². The lowest BCUT2D eigenvalue weighted by atomic mass is 10.2. The quantitative estimate of drug-likeness (QED) is 0.831. The molecular formula is C12H16FNO4S2. The molecule has 0 aliphatic carbocycles. The maximum absolute atomic E-state index is 13.2. The molecule has 0 unspecified atom stereocenters. The lowest BCUT2D eigenvalue weighted by molar-refractivity contribution is 0.476. The molecule has 5 nitrogen and oxygen atoms in total. The van der Waals surface area contributed by atoms with Crippen molar-refractivity contribution in [1.29, 1.82) is 0 Å². The molecule has 0 radical (unpaired) electrons. The van der Waals surface area contributed by atoms with Crippen molar-refractivity contribution in [2.75, 3.05) is 19.3 Å². The molecule has 1 saturated heterocycles. The second kappa shape index (κ2) is 5.09. The zero-order valence-corrected chi connectivity index (χ0v) is 12.8. The summed E-state index contributed by atoms with van der Waals surface area (Å²) in [5, 5.41) is -0.668. The summed E-state index contributed by atoms with van der Waals surface area (Å²) in [5.74, 6) is -0.473. The minimum atomic E-state index is -3.77. The Hall–Kier alpha value is -0.990. The van der Waals surface area contributed by atoms with Gasteiger partial charge in [0.05, 0.1) is 10.1 Å². The van der Waals surface area contributed by atoms with Crippen LogP contribution in [0.2, 0.25) is 0 Å². The lowest BCUT2D eigenvalue weighted by Gasteiger charge is -2.16. The Balaban J connectivity index is 2.30. The van der Waals surface area contributed by atoms with Gasteiger partial charge in [-0.25, -0.2) is 21.2 Å². The molecule has 20 heavy (non-hydrogen) atoms. The third-order valence-electron chi connectivity index (χ3n) is 3.48. The molecule has 0 aromatic heterocycles. The van der Waals surface area contributed by atoms with E-state index in [2.05, 4.69) is 0 Å². The summed E-state index contributed by atoms with van der Waals surface area (Å²) >= 11 is 0. The van der Waals surface area contributed by atoms with Gasteiger partial charge in [0.2, 0.25) is 10.0 Å². The maximum Gasteiger partial charge on any atom is 0.243 e. The number of nitrogens with zero attached hydrogens (tertiary/aromatic N) is 1. The highest BCUT2D eigenvalue weighted by Gasteiger charge is 2.37. The number of halogens is 1. The van der Waals surface area contributed by atoms with Gasteiger partial charge in [0.25, 0.3) is 0 Å². The van der Waals surface area contributed by atoms with Crippen molar-refractivity contribution in [3.63, 3.8) is 0 Å². The Morgan fingerprint density at radius 2 is 1.90 bits per heavy atom. The molecule has 112 valence electrons. The number of hydrogen-bond acceptors (Lipinski definition) is 4. The molecule has 1 heterocycles. The number of sulfone groups is 1. The van der Waals surface area contributed by atoms with Crippen LogP contribution in [0.3, 0.4) is 0 Å². The van der Waals surface area contributed by atoms with Crippen molar-refractivity contribution in [3.05, 3.63) is 29.6 Å². The zero-order valence-electron chi connectivity index (χ0n) is 11.2. The SMILES string of the molecule is Cc1cc(S(=O)(=O)N2CC[C@H](S(C)(=O)=O)C2)ccc1F. The van der Waals surface area contributed by atoms with E-state index >= 15 is 0 Å². The molecule has 0 saturated carbocycles. The van der Waals surface area contributed by atoms with Crippen LogP contribution in [0.5, 0.6) is 0 Å². The fourth-order valence-electron chi connectivity index (χ4n) is 2.19. The number of benzene rings is 1. The van der Waals surface area contributed by atoms with Crippen molar-refractivity contribution in [2.45, 2.75) is 23.5 Å². The molecule has 1 aromatic rings. The van der Waals surface area contributed by atoms with Crippen molar-refractivity contribution in [2.24, 2.45) is 0 Å². The van der Waals surface area contributed by atoms with Gasteiger partial charge in [-0.2, -0.15) is 4.31 Å². The molecule has 0 amide bonds. The average Bonchev–Trinajstić information content (AvgIpc) is 2.82. The van der Waals surface area contributed by atoms with E-state index in [4.69, 9.17) is 0 Å². The van der Waals surface area contributed by atoms with Gasteiger partial charge >= 0.3 is 0 Å². The Bertz CT molecular complexity index is 728. The van der Waals surface area contributed by atoms with Gasteiger partial charge in [-0.05, 0) is 37.1 Å². The summed E-state index contributed by atoms with van der Waals surface area (Å²) < 4.78 is 62.0. The summed E-state index contributed by atoms with van der Waals surface area (Å²) in [4.78, 5) is -0.00875. The van der Waals surface area contributed by atoms with Crippen LogP contribution in [0.1, 0.15) is 12.0 Å². The van der Waals surface area contributed by atoms with E-state index in [-0.39, 0.29) is 30.0 Å². The van der Waals surface area contributed by atoms with Crippen LogP contribution in [0, 0.1) is 12.7 Å². The standard InChI is InChI=1S/C12H16FNO4S2/c1-9-7-10(3-4-12(9)13)20(17,18)14-6-5-11(8-14)19(2,15)16/h3-4,7,11H,5-6,8H2,1-2H3/t11-/m0/s1. The Kier molecular flexibility index (Phi) is 3.92. The number of aryl methyl sites for hydroxylation is 1. The second-order valence-corrected chi connectivity index (χ2v) is 9.28. The molecule has 1 atom stereocenters. The Morgan fingerprint density at radius 1 is 1.25 bits per heavy atom. The number of sulfonamides is 1. The summed E-state index contributed by atoms with van der Waals surface area (Å²) in [6.07, 6.45) is 1.40. The van der Waals surface area contributed by atoms with Gasteiger partial charge in [-0.1, -0.05) is 0 Å². The van der Waals surface area contributed by atoms with Crippen LogP contribution < -0.4 is 0 Å². The maximum atomic E-state index is 13.2. The van der Waals surface area contributed by atoms with E-state index in [0.717, 1.165) is 16.6 Å². The highest BCUT2D eigenvalue weighted by Crippen LogP contribution is 2.25. The fraction of sp³-hybridized carbons (Fsp3) is 0.500. The van der Waals surface area contributed by atoms with Gasteiger partial charge in [0.15, 0.2) is 9.84 Å². The number of hydrogen-bond donors (Lipinski definition) is 0. The Morgan fingerprint density at radius 3 is 2.40 bits per heavy atom. The highest BCUT2D eigenvalue weighted by molar-refractivity contribution is 7.91. The van der Waals surface area contributed by atoms with Crippen LogP contribution in [0.25, 0.3) is 0 Å². The van der Waals surface area contributed by atoms with Crippen molar-refractivity contribution in [1.82, 2.24) is 4.31 Å². The van der Waals surface area contributed by atoms with Crippen LogP contribution in [-0.2, 0) is 19.9 Å². The number of rotatable bonds is 3. The predicted molar refractivity (Wildman–Crippen MR) is 73.1 cm³/mol. The summed E-state index contributed by atoms with van der Waals surface area (Å²) in [7, 11) is -7.03. The molecular weight excluding hydrogens is 305 g/mol. The minimum Gasteiger partial charge on any atom is -0.229 e. The first-order valence-electron chi connectivity index (χ1n) is 6.07. The fourth-order valence-corrected chi connectivity index (χ4v) is 4.86. The smallest absolute Gasteiger partial charge is 0.229 e. The van der Waals surface area contributed by atoms with Crippen LogP contribution >= 0.6 is 0 Å². The Labute approximate surface area is 118 Å². The predicted octanol–water partition coefficient (Wildman–Crippen LogP) is 0.942. The highest BCUT2D eigenvalue weighted by atomic mass is 32.2. The van der Waals surface area contributed by atoms with Gasteiger partial charge in [0.1, 0.15) is 5.82 Å². The van der Waals surface area contributed by atoms with Gasteiger partial charge in [-0.15, -0.1) is 0 Å². The molecule has 0 bridgehead atoms. The molecule has 1 aromatic carbocycles. The molecule has 1 aliphatic heterocycles. The first-order valence-corrected chi connectivity index (χ1v) is 9.47. The van der Waals surface area contributed by atoms with Crippen molar-refractivity contribution < 1.29 is 21.2 Å². The van der Waals surface area contributed by atoms with E-state index in [9.17, 15) is 21.2 Å². The second-order valence-electron chi connectivity index (χ2n) is 5.01. The normalized spacial score (nSPS) is 21.2. The summed E-state index contributed by atoms with van der Waals surface area (Å²) in [6, 6.07) is 3.57. The third-order valence-corrected chi connectivity index (χ3v) is 6.94. The topological polar surface area (TPSA) is 71.5 Å². The summed E-state index contributed by atoms with van der Waals surface area (Å²) in [6.45, 7) is 1.60. The lowest BCUT2D eigenvalue weighted by Crippen LogP contribution is -2.31. The van der Waals surface area contributed by atoms with E-state index in [1.165, 1.54) is 19.1 Å². The zero-order chi connectivity index (χ0) is 15.1. The minimum absolute atomic E-state index is 0.00875. The van der Waals surface area contributed by atoms with Crippen LogP contribution in [0.15, 0.2) is 23.1 Å². The molecule has 1 fully saturated rings. The van der Waals surface area contributed by atoms with E-state index in [1.807, 2.05) is 0 Å². The summed E-state index contributed by atoms with van der Waals surface area (Å²) in [5.41, 5.74) is 0.241. The van der Waals surface area contributed by atoms with E-state index in [0.29, 0.717) is 0 Å². The monoisotopic (exact) mass is 321 g/mol. The molecule has 8 heteroatoms. The molecule has 0 N–H and O–H groups in total. The molecule has 0 spiro atoms. The van der Waals surface area contributed by atoms with Crippen LogP contribution in [0.4, 0.5) is 4.39 Å². The van der Waals surface area contributed by atoms with E-state index < -0.39 is 30.9 Å². The molecule has 1 aliphatic rings. The van der Waals surface area contributed by atoms with Gasteiger partial charge in [0, 0.05) is 19.3 Å². The van der Waals surface area contributed by atoms with Gasteiger partial charge in [-0.3, -0.25) is 0 Å². The average molecular weight is 321 g/mol. The first kappa shape index (κ1) is 15.4. The molecule has 2 rings (SSSR count). The van der Waals surface area contributed by atoms with Crippen LogP contribution in [-0.4, -0.2) is 45.7 Å². The largest absolute Gasteiger partial charge is 0.243 e. The van der Waals surface area contributed by atoms with Gasteiger partial charge < -0.3 is 0 Å². The first-order chi connectivity index (χ1) is 9.12. The van der Waals surface area contributed by atoms with Crippen molar-refractivity contribution >= 4 is 19.9 Å².